The van der Waals surface area contributed by atoms with E-state index in [2.05, 4.69) is 5.32 Å². The van der Waals surface area contributed by atoms with Crippen LogP contribution in [0.5, 0.6) is 11.5 Å². The Bertz CT molecular complexity index is 1040. The maximum Gasteiger partial charge on any atom is 0.340 e. The zero-order valence-electron chi connectivity index (χ0n) is 16.3. The van der Waals surface area contributed by atoms with Crippen LogP contribution in [0.2, 0.25) is 5.02 Å². The van der Waals surface area contributed by atoms with Crippen molar-refractivity contribution in [2.75, 3.05) is 19.5 Å². The van der Waals surface area contributed by atoms with E-state index in [1.807, 2.05) is 0 Å². The van der Waals surface area contributed by atoms with Gasteiger partial charge in [-0.3, -0.25) is 14.5 Å². The van der Waals surface area contributed by atoms with Gasteiger partial charge >= 0.3 is 5.97 Å². The molecule has 30 heavy (non-hydrogen) atoms. The Labute approximate surface area is 177 Å². The van der Waals surface area contributed by atoms with Gasteiger partial charge in [0.2, 0.25) is 18.0 Å². The van der Waals surface area contributed by atoms with E-state index in [1.165, 1.54) is 25.2 Å². The van der Waals surface area contributed by atoms with Crippen LogP contribution in [-0.4, -0.2) is 42.9 Å². The summed E-state index contributed by atoms with van der Waals surface area (Å²) in [6.07, 6.45) is -0.456. The standard InChI is InChI=1S/C21H19ClN2O6/c1-28-16-10-17(29-2)14(9-13(16)22)23-19(26)15-7-8-18(25)24(15)20-11-5-3-4-6-12(11)21(27)30-20/h3-6,9-10,15,20H,7-8H2,1-2H3,(H,23,26)/t15-,20+/m1/s1. The monoisotopic (exact) mass is 430 g/mol. The van der Waals surface area contributed by atoms with Crippen molar-refractivity contribution in [3.63, 3.8) is 0 Å². The molecule has 0 radical (unpaired) electrons. The second-order valence-corrected chi connectivity index (χ2v) is 7.28. The molecular weight excluding hydrogens is 412 g/mol. The first-order chi connectivity index (χ1) is 14.4. The summed E-state index contributed by atoms with van der Waals surface area (Å²) in [5.74, 6) is -0.444. The molecule has 1 N–H and O–H groups in total. The summed E-state index contributed by atoms with van der Waals surface area (Å²) in [5.41, 5.74) is 1.31. The van der Waals surface area contributed by atoms with E-state index in [0.29, 0.717) is 39.8 Å². The molecule has 0 spiro atoms. The van der Waals surface area contributed by atoms with Crippen molar-refractivity contribution in [2.24, 2.45) is 0 Å². The van der Waals surface area contributed by atoms with Gasteiger partial charge in [0.15, 0.2) is 0 Å². The molecular formula is C21H19ClN2O6. The van der Waals surface area contributed by atoms with Crippen molar-refractivity contribution < 1.29 is 28.6 Å². The Morgan fingerprint density at radius 3 is 2.63 bits per heavy atom. The minimum Gasteiger partial charge on any atom is -0.495 e. The molecule has 4 rings (SSSR count). The van der Waals surface area contributed by atoms with Crippen molar-refractivity contribution in [1.82, 2.24) is 4.90 Å². The number of rotatable bonds is 5. The molecule has 2 aromatic carbocycles. The van der Waals surface area contributed by atoms with Gasteiger partial charge in [-0.05, 0) is 18.6 Å². The zero-order valence-corrected chi connectivity index (χ0v) is 17.1. The molecule has 0 aliphatic carbocycles. The van der Waals surface area contributed by atoms with Gasteiger partial charge in [0, 0.05) is 18.1 Å². The molecule has 0 saturated carbocycles. The fraction of sp³-hybridized carbons (Fsp3) is 0.286. The lowest BCUT2D eigenvalue weighted by molar-refractivity contribution is -0.144. The fourth-order valence-corrected chi connectivity index (χ4v) is 4.00. The molecule has 2 atom stereocenters. The third-order valence-corrected chi connectivity index (χ3v) is 5.50. The van der Waals surface area contributed by atoms with Crippen LogP contribution < -0.4 is 14.8 Å². The number of nitrogens with one attached hydrogen (secondary N) is 1. The van der Waals surface area contributed by atoms with E-state index in [-0.39, 0.29) is 12.3 Å². The van der Waals surface area contributed by atoms with Gasteiger partial charge in [0.25, 0.3) is 0 Å². The van der Waals surface area contributed by atoms with Gasteiger partial charge in [-0.15, -0.1) is 0 Å². The third kappa shape index (κ3) is 3.33. The molecule has 0 aromatic heterocycles. The molecule has 2 amide bonds. The zero-order chi connectivity index (χ0) is 21.4. The fourth-order valence-electron chi connectivity index (χ4n) is 3.76. The van der Waals surface area contributed by atoms with Crippen LogP contribution in [0.4, 0.5) is 5.69 Å². The number of fused-ring (bicyclic) bond motifs is 1. The van der Waals surface area contributed by atoms with Crippen LogP contribution >= 0.6 is 11.6 Å². The number of likely N-dealkylation sites (tertiary alicyclic amines) is 1. The number of anilines is 1. The predicted octanol–water partition coefficient (Wildman–Crippen LogP) is 3.16. The van der Waals surface area contributed by atoms with E-state index in [0.717, 1.165) is 0 Å². The molecule has 1 fully saturated rings. The van der Waals surface area contributed by atoms with Crippen molar-refractivity contribution >= 4 is 35.1 Å². The quantitative estimate of drug-likeness (QED) is 0.732. The van der Waals surface area contributed by atoms with E-state index < -0.39 is 24.1 Å². The normalized spacial score (nSPS) is 20.0. The summed E-state index contributed by atoms with van der Waals surface area (Å²) in [4.78, 5) is 39.2. The van der Waals surface area contributed by atoms with Gasteiger partial charge in [0.05, 0.1) is 30.5 Å². The van der Waals surface area contributed by atoms with Crippen LogP contribution in [0.1, 0.15) is 35.0 Å². The molecule has 0 bridgehead atoms. The first-order valence-electron chi connectivity index (χ1n) is 9.28. The number of ether oxygens (including phenoxy) is 3. The van der Waals surface area contributed by atoms with Crippen LogP contribution in [0.3, 0.4) is 0 Å². The number of amides is 2. The number of carbonyl (C=O) groups excluding carboxylic acids is 3. The van der Waals surface area contributed by atoms with Gasteiger partial charge in [0.1, 0.15) is 17.5 Å². The number of esters is 1. The van der Waals surface area contributed by atoms with Crippen molar-refractivity contribution in [2.45, 2.75) is 25.1 Å². The van der Waals surface area contributed by atoms with Gasteiger partial charge < -0.3 is 19.5 Å². The number of cyclic esters (lactones) is 1. The number of nitrogens with zero attached hydrogens (tertiary/aromatic N) is 1. The van der Waals surface area contributed by atoms with Crippen molar-refractivity contribution in [3.05, 3.63) is 52.5 Å². The summed E-state index contributed by atoms with van der Waals surface area (Å²) in [6.45, 7) is 0. The van der Waals surface area contributed by atoms with E-state index in [9.17, 15) is 14.4 Å². The number of hydrogen-bond donors (Lipinski definition) is 1. The second-order valence-electron chi connectivity index (χ2n) is 6.88. The number of carbonyl (C=O) groups is 3. The maximum absolute atomic E-state index is 13.1. The summed E-state index contributed by atoms with van der Waals surface area (Å²) in [6, 6.07) is 9.10. The third-order valence-electron chi connectivity index (χ3n) is 5.21. The number of hydrogen-bond acceptors (Lipinski definition) is 6. The molecule has 8 nitrogen and oxygen atoms in total. The van der Waals surface area contributed by atoms with Gasteiger partial charge in [-0.2, -0.15) is 0 Å². The molecule has 9 heteroatoms. The summed E-state index contributed by atoms with van der Waals surface area (Å²) in [7, 11) is 2.93. The number of benzene rings is 2. The van der Waals surface area contributed by atoms with Crippen LogP contribution in [0.25, 0.3) is 0 Å². The van der Waals surface area contributed by atoms with Crippen molar-refractivity contribution in [1.29, 1.82) is 0 Å². The van der Waals surface area contributed by atoms with Gasteiger partial charge in [-0.1, -0.05) is 29.8 Å². The Balaban J connectivity index is 1.61. The highest BCUT2D eigenvalue weighted by Crippen LogP contribution is 2.40. The highest BCUT2D eigenvalue weighted by Gasteiger charge is 2.46. The molecule has 1 saturated heterocycles. The summed E-state index contributed by atoms with van der Waals surface area (Å²) >= 11 is 6.18. The van der Waals surface area contributed by atoms with E-state index in [4.69, 9.17) is 25.8 Å². The average Bonchev–Trinajstić information content (AvgIpc) is 3.28. The van der Waals surface area contributed by atoms with E-state index in [1.54, 1.807) is 30.3 Å². The van der Waals surface area contributed by atoms with Crippen LogP contribution in [-0.2, 0) is 14.3 Å². The van der Waals surface area contributed by atoms with E-state index >= 15 is 0 Å². The van der Waals surface area contributed by atoms with Crippen LogP contribution in [0, 0.1) is 0 Å². The minimum absolute atomic E-state index is 0.175. The minimum atomic E-state index is -0.930. The second kappa shape index (κ2) is 7.87. The molecule has 2 aliphatic heterocycles. The first kappa shape index (κ1) is 20.0. The molecule has 156 valence electrons. The average molecular weight is 431 g/mol. The Morgan fingerprint density at radius 2 is 1.90 bits per heavy atom. The lowest BCUT2D eigenvalue weighted by Gasteiger charge is -2.29. The Hall–Kier alpha value is -3.26. The highest BCUT2D eigenvalue weighted by atomic mass is 35.5. The molecule has 2 heterocycles. The Kier molecular flexibility index (Phi) is 5.26. The first-order valence-corrected chi connectivity index (χ1v) is 9.66. The largest absolute Gasteiger partial charge is 0.495 e. The summed E-state index contributed by atoms with van der Waals surface area (Å²) < 4.78 is 15.9. The Morgan fingerprint density at radius 1 is 1.17 bits per heavy atom. The highest BCUT2D eigenvalue weighted by molar-refractivity contribution is 6.32. The topological polar surface area (TPSA) is 94.2 Å². The van der Waals surface area contributed by atoms with Crippen LogP contribution in [0.15, 0.2) is 36.4 Å². The smallest absolute Gasteiger partial charge is 0.340 e. The molecule has 2 aliphatic rings. The number of halogens is 1. The number of methoxy groups -OCH3 is 2. The van der Waals surface area contributed by atoms with Gasteiger partial charge in [-0.25, -0.2) is 4.79 Å². The summed E-state index contributed by atoms with van der Waals surface area (Å²) in [5, 5.41) is 3.06. The lowest BCUT2D eigenvalue weighted by atomic mass is 10.1. The SMILES string of the molecule is COc1cc(OC)c(NC(=O)[C@H]2CCC(=O)N2[C@H]2OC(=O)c3ccccc32)cc1Cl. The van der Waals surface area contributed by atoms with Crippen molar-refractivity contribution in [3.8, 4) is 11.5 Å². The lowest BCUT2D eigenvalue weighted by Crippen LogP contribution is -2.43. The molecule has 0 unspecified atom stereocenters. The molecule has 2 aromatic rings. The maximum atomic E-state index is 13.1. The predicted molar refractivity (Wildman–Crippen MR) is 108 cm³/mol.